The molecule has 6 heteroatoms. The van der Waals surface area contributed by atoms with E-state index in [0.29, 0.717) is 12.0 Å². The molecule has 1 N–H and O–H groups in total. The number of aldehydes is 1. The number of likely N-dealkylation sites (N-methyl/N-ethyl adjacent to an activating group) is 1. The lowest BCUT2D eigenvalue weighted by Crippen LogP contribution is -2.44. The van der Waals surface area contributed by atoms with Gasteiger partial charge < -0.3 is 4.79 Å². The van der Waals surface area contributed by atoms with Gasteiger partial charge in [-0.15, -0.1) is 0 Å². The number of hydrogen-bond donors (Lipinski definition) is 2. The molecule has 1 aliphatic rings. The predicted molar refractivity (Wildman–Crippen MR) is 53.0 cm³/mol. The fourth-order valence-electron chi connectivity index (χ4n) is 1.28. The van der Waals surface area contributed by atoms with E-state index < -0.39 is 12.1 Å². The van der Waals surface area contributed by atoms with Crippen LogP contribution in [-0.4, -0.2) is 47.9 Å². The molecule has 1 fully saturated rings. The van der Waals surface area contributed by atoms with Gasteiger partial charge in [0.25, 0.3) is 0 Å². The molecular formula is C8H12N2O3S. The van der Waals surface area contributed by atoms with Crippen LogP contribution in [0.1, 0.15) is 6.42 Å². The van der Waals surface area contributed by atoms with Gasteiger partial charge in [0.15, 0.2) is 0 Å². The minimum Gasteiger partial charge on any atom is -0.302 e. The molecule has 1 rings (SSSR count). The molecule has 1 saturated heterocycles. The molecular weight excluding hydrogens is 204 g/mol. The monoisotopic (exact) mass is 216 g/mol. The first-order chi connectivity index (χ1) is 6.60. The van der Waals surface area contributed by atoms with E-state index in [9.17, 15) is 14.4 Å². The molecule has 2 atom stereocenters. The summed E-state index contributed by atoms with van der Waals surface area (Å²) in [4.78, 5) is 34.0. The standard InChI is InChI=1S/C8H12N2O3S/c1-10-7(12)2-6(8(10)13)9-5(3-11)4-14/h3,5-6,9,14H,2,4H2,1H3/t5-,6?/m1/s1. The summed E-state index contributed by atoms with van der Waals surface area (Å²) in [6.07, 6.45) is 0.802. The molecule has 1 aliphatic heterocycles. The topological polar surface area (TPSA) is 66.5 Å². The van der Waals surface area contributed by atoms with E-state index in [1.165, 1.54) is 7.05 Å². The van der Waals surface area contributed by atoms with Crippen molar-refractivity contribution < 1.29 is 14.4 Å². The van der Waals surface area contributed by atoms with Crippen molar-refractivity contribution in [3.8, 4) is 0 Å². The maximum absolute atomic E-state index is 11.4. The van der Waals surface area contributed by atoms with Crippen LogP contribution in [0.25, 0.3) is 0 Å². The molecule has 2 amide bonds. The van der Waals surface area contributed by atoms with E-state index in [0.717, 1.165) is 4.90 Å². The number of nitrogens with one attached hydrogen (secondary N) is 1. The summed E-state index contributed by atoms with van der Waals surface area (Å²) in [5.74, 6) is -0.203. The summed E-state index contributed by atoms with van der Waals surface area (Å²) < 4.78 is 0. The van der Waals surface area contributed by atoms with E-state index in [-0.39, 0.29) is 18.2 Å². The lowest BCUT2D eigenvalue weighted by atomic mass is 10.2. The quantitative estimate of drug-likeness (QED) is 0.353. The SMILES string of the molecule is CN1C(=O)CC(N[C@H](C=O)CS)C1=O. The lowest BCUT2D eigenvalue weighted by molar-refractivity contribution is -0.137. The fourth-order valence-corrected chi connectivity index (χ4v) is 1.47. The molecule has 0 aromatic rings. The van der Waals surface area contributed by atoms with Crippen LogP contribution in [0.3, 0.4) is 0 Å². The summed E-state index contributed by atoms with van der Waals surface area (Å²) in [6.45, 7) is 0. The number of nitrogens with zero attached hydrogens (tertiary/aromatic N) is 1. The predicted octanol–water partition coefficient (Wildman–Crippen LogP) is -1.17. The molecule has 14 heavy (non-hydrogen) atoms. The molecule has 0 saturated carbocycles. The Bertz CT molecular complexity index is 269. The van der Waals surface area contributed by atoms with Gasteiger partial charge in [-0.25, -0.2) is 0 Å². The highest BCUT2D eigenvalue weighted by Gasteiger charge is 2.36. The molecule has 78 valence electrons. The second kappa shape index (κ2) is 4.56. The average molecular weight is 216 g/mol. The zero-order chi connectivity index (χ0) is 10.7. The summed E-state index contributed by atoms with van der Waals surface area (Å²) in [5, 5.41) is 2.77. The minimum atomic E-state index is -0.574. The minimum absolute atomic E-state index is 0.119. The molecule has 1 unspecified atom stereocenters. The third kappa shape index (κ3) is 2.13. The zero-order valence-corrected chi connectivity index (χ0v) is 8.66. The van der Waals surface area contributed by atoms with Gasteiger partial charge >= 0.3 is 0 Å². The van der Waals surface area contributed by atoms with E-state index in [1.54, 1.807) is 0 Å². The van der Waals surface area contributed by atoms with Gasteiger partial charge in [0.2, 0.25) is 11.8 Å². The highest BCUT2D eigenvalue weighted by Crippen LogP contribution is 2.10. The van der Waals surface area contributed by atoms with Gasteiger partial charge in [-0.3, -0.25) is 19.8 Å². The number of thiol groups is 1. The van der Waals surface area contributed by atoms with Crippen LogP contribution in [0.2, 0.25) is 0 Å². The molecule has 0 spiro atoms. The summed E-state index contributed by atoms with van der Waals surface area (Å²) >= 11 is 3.94. The molecule has 0 aromatic heterocycles. The molecule has 0 aromatic carbocycles. The Labute approximate surface area is 87.2 Å². The summed E-state index contributed by atoms with van der Waals surface area (Å²) in [7, 11) is 1.43. The van der Waals surface area contributed by atoms with Crippen LogP contribution in [0.4, 0.5) is 0 Å². The van der Waals surface area contributed by atoms with Crippen molar-refractivity contribution >= 4 is 30.7 Å². The third-order valence-corrected chi connectivity index (χ3v) is 2.55. The van der Waals surface area contributed by atoms with Gasteiger partial charge in [0.1, 0.15) is 6.29 Å². The molecule has 1 heterocycles. The third-order valence-electron chi connectivity index (χ3n) is 2.16. The number of rotatable bonds is 4. The maximum Gasteiger partial charge on any atom is 0.246 e. The lowest BCUT2D eigenvalue weighted by Gasteiger charge is -2.14. The molecule has 0 radical (unpaired) electrons. The summed E-state index contributed by atoms with van der Waals surface area (Å²) in [6, 6.07) is -1.05. The Morgan fingerprint density at radius 1 is 1.71 bits per heavy atom. The van der Waals surface area contributed by atoms with Crippen molar-refractivity contribution in [2.45, 2.75) is 18.5 Å². The van der Waals surface area contributed by atoms with Crippen LogP contribution in [0.15, 0.2) is 0 Å². The first-order valence-corrected chi connectivity index (χ1v) is 4.86. The number of imide groups is 1. The Kier molecular flexibility index (Phi) is 3.65. The van der Waals surface area contributed by atoms with Crippen molar-refractivity contribution in [1.29, 1.82) is 0 Å². The van der Waals surface area contributed by atoms with Crippen molar-refractivity contribution in [3.05, 3.63) is 0 Å². The fraction of sp³-hybridized carbons (Fsp3) is 0.625. The van der Waals surface area contributed by atoms with Crippen LogP contribution < -0.4 is 5.32 Å². The number of amides is 2. The molecule has 5 nitrogen and oxygen atoms in total. The number of hydrogen-bond acceptors (Lipinski definition) is 5. The molecule has 0 aliphatic carbocycles. The van der Waals surface area contributed by atoms with Crippen LogP contribution in [0.5, 0.6) is 0 Å². The first-order valence-electron chi connectivity index (χ1n) is 4.22. The highest BCUT2D eigenvalue weighted by molar-refractivity contribution is 7.80. The van der Waals surface area contributed by atoms with Crippen LogP contribution in [0, 0.1) is 0 Å². The van der Waals surface area contributed by atoms with E-state index in [2.05, 4.69) is 17.9 Å². The van der Waals surface area contributed by atoms with Crippen molar-refractivity contribution in [2.24, 2.45) is 0 Å². The zero-order valence-electron chi connectivity index (χ0n) is 7.77. The smallest absolute Gasteiger partial charge is 0.246 e. The number of likely N-dealkylation sites (tertiary alicyclic amines) is 1. The van der Waals surface area contributed by atoms with Gasteiger partial charge in [-0.05, 0) is 0 Å². The van der Waals surface area contributed by atoms with Gasteiger partial charge in [-0.2, -0.15) is 12.6 Å². The van der Waals surface area contributed by atoms with E-state index >= 15 is 0 Å². The summed E-state index contributed by atoms with van der Waals surface area (Å²) in [5.41, 5.74) is 0. The highest BCUT2D eigenvalue weighted by atomic mass is 32.1. The normalized spacial score (nSPS) is 24.1. The molecule has 0 bridgehead atoms. The Hall–Kier alpha value is -0.880. The largest absolute Gasteiger partial charge is 0.302 e. The second-order valence-corrected chi connectivity index (χ2v) is 3.50. The van der Waals surface area contributed by atoms with Crippen molar-refractivity contribution in [1.82, 2.24) is 10.2 Å². The Balaban J connectivity index is 2.59. The van der Waals surface area contributed by atoms with Gasteiger partial charge in [0.05, 0.1) is 18.5 Å². The van der Waals surface area contributed by atoms with Gasteiger partial charge in [0, 0.05) is 12.8 Å². The van der Waals surface area contributed by atoms with Crippen molar-refractivity contribution in [3.63, 3.8) is 0 Å². The van der Waals surface area contributed by atoms with Crippen LogP contribution >= 0.6 is 12.6 Å². The average Bonchev–Trinajstić information content (AvgIpc) is 2.42. The maximum atomic E-state index is 11.4. The van der Waals surface area contributed by atoms with Gasteiger partial charge in [-0.1, -0.05) is 0 Å². The van der Waals surface area contributed by atoms with E-state index in [4.69, 9.17) is 0 Å². The Morgan fingerprint density at radius 3 is 2.71 bits per heavy atom. The number of carbonyl (C=O) groups is 3. The van der Waals surface area contributed by atoms with Crippen LogP contribution in [-0.2, 0) is 14.4 Å². The number of carbonyl (C=O) groups excluding carboxylic acids is 3. The van der Waals surface area contributed by atoms with E-state index in [1.807, 2.05) is 0 Å². The van der Waals surface area contributed by atoms with Crippen molar-refractivity contribution in [2.75, 3.05) is 12.8 Å². The Morgan fingerprint density at radius 2 is 2.36 bits per heavy atom. The second-order valence-electron chi connectivity index (χ2n) is 3.14. The first kappa shape index (κ1) is 11.2.